The standard InChI is InChI=1S/C19H20O6/c1-22-16-13(10-11-14(20)12-8-6-5-7-9-12)15(21)17(23-2)19(25-4)18(16)24-3/h5-11,21H,1-4H3. The molecule has 0 saturated carbocycles. The van der Waals surface area contributed by atoms with Gasteiger partial charge >= 0.3 is 0 Å². The van der Waals surface area contributed by atoms with Gasteiger partial charge in [0.25, 0.3) is 0 Å². The van der Waals surface area contributed by atoms with E-state index in [4.69, 9.17) is 18.9 Å². The third-order valence-electron chi connectivity index (χ3n) is 3.61. The first-order chi connectivity index (χ1) is 12.1. The van der Waals surface area contributed by atoms with Crippen LogP contribution in [0.25, 0.3) is 6.08 Å². The number of rotatable bonds is 7. The van der Waals surface area contributed by atoms with E-state index in [1.807, 2.05) is 6.07 Å². The highest BCUT2D eigenvalue weighted by Gasteiger charge is 2.26. The summed E-state index contributed by atoms with van der Waals surface area (Å²) in [6.45, 7) is 0. The Morgan fingerprint density at radius 1 is 0.840 bits per heavy atom. The Morgan fingerprint density at radius 2 is 1.36 bits per heavy atom. The highest BCUT2D eigenvalue weighted by atomic mass is 16.5. The molecular weight excluding hydrogens is 324 g/mol. The Balaban J connectivity index is 2.56. The van der Waals surface area contributed by atoms with Crippen LogP contribution in [0.2, 0.25) is 0 Å². The number of phenols is 1. The van der Waals surface area contributed by atoms with Gasteiger partial charge in [-0.3, -0.25) is 4.79 Å². The van der Waals surface area contributed by atoms with Gasteiger partial charge in [-0.2, -0.15) is 0 Å². The highest BCUT2D eigenvalue weighted by molar-refractivity contribution is 6.07. The Bertz CT molecular complexity index is 780. The third kappa shape index (κ3) is 3.52. The molecule has 0 saturated heterocycles. The highest BCUT2D eigenvalue weighted by Crippen LogP contribution is 2.53. The minimum absolute atomic E-state index is 0.0898. The zero-order valence-corrected chi connectivity index (χ0v) is 14.5. The van der Waals surface area contributed by atoms with Gasteiger partial charge in [0.05, 0.1) is 34.0 Å². The maximum Gasteiger partial charge on any atom is 0.211 e. The molecule has 0 spiro atoms. The van der Waals surface area contributed by atoms with Gasteiger partial charge in [0, 0.05) is 5.56 Å². The number of hydrogen-bond donors (Lipinski definition) is 1. The van der Waals surface area contributed by atoms with Crippen molar-refractivity contribution in [2.75, 3.05) is 28.4 Å². The van der Waals surface area contributed by atoms with Crippen LogP contribution in [0.4, 0.5) is 0 Å². The molecular formula is C19H20O6. The minimum Gasteiger partial charge on any atom is -0.504 e. The predicted octanol–water partition coefficient (Wildman–Crippen LogP) is 3.32. The van der Waals surface area contributed by atoms with Crippen molar-refractivity contribution < 1.29 is 28.8 Å². The predicted molar refractivity (Wildman–Crippen MR) is 94.1 cm³/mol. The van der Waals surface area contributed by atoms with Crippen molar-refractivity contribution in [1.82, 2.24) is 0 Å². The number of hydrogen-bond acceptors (Lipinski definition) is 6. The van der Waals surface area contributed by atoms with E-state index in [2.05, 4.69) is 0 Å². The Kier molecular flexibility index (Phi) is 5.89. The molecule has 132 valence electrons. The monoisotopic (exact) mass is 344 g/mol. The SMILES string of the molecule is COc1c(O)c(C=CC(=O)c2ccccc2)c(OC)c(OC)c1OC. The normalized spacial score (nSPS) is 10.6. The number of allylic oxidation sites excluding steroid dienone is 1. The lowest BCUT2D eigenvalue weighted by molar-refractivity contribution is 0.104. The van der Waals surface area contributed by atoms with Gasteiger partial charge in [-0.25, -0.2) is 0 Å². The van der Waals surface area contributed by atoms with Crippen LogP contribution in [0, 0.1) is 0 Å². The van der Waals surface area contributed by atoms with E-state index >= 15 is 0 Å². The van der Waals surface area contributed by atoms with E-state index in [-0.39, 0.29) is 40.1 Å². The molecule has 2 rings (SSSR count). The average molecular weight is 344 g/mol. The van der Waals surface area contributed by atoms with E-state index in [1.165, 1.54) is 40.6 Å². The van der Waals surface area contributed by atoms with Gasteiger partial charge in [0.15, 0.2) is 17.3 Å². The minimum atomic E-state index is -0.214. The maximum absolute atomic E-state index is 12.3. The lowest BCUT2D eigenvalue weighted by Crippen LogP contribution is -2.01. The lowest BCUT2D eigenvalue weighted by Gasteiger charge is -2.19. The Morgan fingerprint density at radius 3 is 1.88 bits per heavy atom. The zero-order chi connectivity index (χ0) is 18.4. The molecule has 2 aromatic carbocycles. The molecule has 0 radical (unpaired) electrons. The molecule has 0 fully saturated rings. The van der Waals surface area contributed by atoms with Gasteiger partial charge in [-0.15, -0.1) is 0 Å². The first-order valence-electron chi connectivity index (χ1n) is 7.45. The third-order valence-corrected chi connectivity index (χ3v) is 3.61. The molecule has 0 unspecified atom stereocenters. The summed E-state index contributed by atoms with van der Waals surface area (Å²) in [5, 5.41) is 10.5. The summed E-state index contributed by atoms with van der Waals surface area (Å²) in [4.78, 5) is 12.3. The quantitative estimate of drug-likeness (QED) is 0.613. The summed E-state index contributed by atoms with van der Waals surface area (Å²) in [5.41, 5.74) is 0.783. The van der Waals surface area contributed by atoms with E-state index in [0.29, 0.717) is 5.56 Å². The van der Waals surface area contributed by atoms with Crippen molar-refractivity contribution in [3.8, 4) is 28.7 Å². The Hall–Kier alpha value is -3.15. The van der Waals surface area contributed by atoms with Gasteiger partial charge in [0.1, 0.15) is 0 Å². The maximum atomic E-state index is 12.3. The van der Waals surface area contributed by atoms with E-state index in [1.54, 1.807) is 24.3 Å². The summed E-state index contributed by atoms with van der Waals surface area (Å²) >= 11 is 0. The summed E-state index contributed by atoms with van der Waals surface area (Å²) in [6.07, 6.45) is 2.80. The average Bonchev–Trinajstić information content (AvgIpc) is 2.66. The van der Waals surface area contributed by atoms with Crippen molar-refractivity contribution in [2.24, 2.45) is 0 Å². The number of phenolic OH excluding ortho intramolecular Hbond substituents is 1. The molecule has 0 heterocycles. The number of carbonyl (C=O) groups excluding carboxylic acids is 1. The van der Waals surface area contributed by atoms with Crippen LogP contribution in [0.1, 0.15) is 15.9 Å². The fraction of sp³-hybridized carbons (Fsp3) is 0.211. The van der Waals surface area contributed by atoms with Gasteiger partial charge in [-0.1, -0.05) is 30.3 Å². The fourth-order valence-electron chi connectivity index (χ4n) is 2.44. The number of benzene rings is 2. The number of ketones is 1. The molecule has 0 atom stereocenters. The van der Waals surface area contributed by atoms with Crippen molar-refractivity contribution >= 4 is 11.9 Å². The van der Waals surface area contributed by atoms with Crippen molar-refractivity contribution in [2.45, 2.75) is 0 Å². The molecule has 0 amide bonds. The van der Waals surface area contributed by atoms with E-state index in [0.717, 1.165) is 0 Å². The van der Waals surface area contributed by atoms with Crippen LogP contribution in [0.15, 0.2) is 36.4 Å². The van der Waals surface area contributed by atoms with Crippen molar-refractivity contribution in [3.63, 3.8) is 0 Å². The van der Waals surface area contributed by atoms with Crippen LogP contribution in [-0.2, 0) is 0 Å². The summed E-state index contributed by atoms with van der Waals surface area (Å²) in [7, 11) is 5.69. The first kappa shape index (κ1) is 18.2. The smallest absolute Gasteiger partial charge is 0.211 e. The molecule has 0 aliphatic carbocycles. The molecule has 6 nitrogen and oxygen atoms in total. The molecule has 0 aliphatic rings. The first-order valence-corrected chi connectivity index (χ1v) is 7.45. The van der Waals surface area contributed by atoms with Gasteiger partial charge in [0.2, 0.25) is 17.2 Å². The lowest BCUT2D eigenvalue weighted by atomic mass is 10.1. The Labute approximate surface area is 146 Å². The van der Waals surface area contributed by atoms with Gasteiger partial charge < -0.3 is 24.1 Å². The molecule has 2 aromatic rings. The number of aromatic hydroxyl groups is 1. The van der Waals surface area contributed by atoms with E-state index in [9.17, 15) is 9.90 Å². The molecule has 6 heteroatoms. The number of methoxy groups -OCH3 is 4. The molecule has 0 aromatic heterocycles. The van der Waals surface area contributed by atoms with Crippen LogP contribution in [0.5, 0.6) is 28.7 Å². The van der Waals surface area contributed by atoms with Crippen LogP contribution >= 0.6 is 0 Å². The summed E-state index contributed by atoms with van der Waals surface area (Å²) in [5.74, 6) is 0.351. The second kappa shape index (κ2) is 8.10. The fourth-order valence-corrected chi connectivity index (χ4v) is 2.44. The molecule has 25 heavy (non-hydrogen) atoms. The summed E-state index contributed by atoms with van der Waals surface area (Å²) in [6, 6.07) is 8.80. The van der Waals surface area contributed by atoms with Gasteiger partial charge in [-0.05, 0) is 12.2 Å². The number of ether oxygens (including phenoxy) is 4. The second-order valence-electron chi connectivity index (χ2n) is 4.96. The molecule has 0 bridgehead atoms. The molecule has 1 N–H and O–H groups in total. The van der Waals surface area contributed by atoms with Crippen molar-refractivity contribution in [3.05, 3.63) is 47.5 Å². The van der Waals surface area contributed by atoms with Crippen LogP contribution in [-0.4, -0.2) is 39.3 Å². The number of carbonyl (C=O) groups is 1. The zero-order valence-electron chi connectivity index (χ0n) is 14.5. The van der Waals surface area contributed by atoms with Crippen LogP contribution in [0.3, 0.4) is 0 Å². The van der Waals surface area contributed by atoms with Crippen LogP contribution < -0.4 is 18.9 Å². The second-order valence-corrected chi connectivity index (χ2v) is 4.96. The van der Waals surface area contributed by atoms with E-state index < -0.39 is 0 Å². The summed E-state index contributed by atoms with van der Waals surface area (Å²) < 4.78 is 21.1. The van der Waals surface area contributed by atoms with Crippen molar-refractivity contribution in [1.29, 1.82) is 0 Å². The molecule has 0 aliphatic heterocycles. The largest absolute Gasteiger partial charge is 0.504 e. The topological polar surface area (TPSA) is 74.2 Å².